The fourth-order valence-corrected chi connectivity index (χ4v) is 4.45. The molecule has 2 heterocycles. The van der Waals surface area contributed by atoms with Crippen molar-refractivity contribution in [3.05, 3.63) is 77.2 Å². The van der Waals surface area contributed by atoms with E-state index >= 15 is 0 Å². The second-order valence-corrected chi connectivity index (χ2v) is 10.5. The Hall–Kier alpha value is -3.37. The maximum Gasteiger partial charge on any atom is 0.379 e. The zero-order valence-electron chi connectivity index (χ0n) is 22.1. The summed E-state index contributed by atoms with van der Waals surface area (Å²) in [5, 5.41) is 17.9. The first-order valence-corrected chi connectivity index (χ1v) is 13.3. The Morgan fingerprint density at radius 1 is 1.15 bits per heavy atom. The van der Waals surface area contributed by atoms with Crippen molar-refractivity contribution in [1.82, 2.24) is 10.2 Å². The van der Waals surface area contributed by atoms with E-state index in [1.807, 2.05) is 12.1 Å². The summed E-state index contributed by atoms with van der Waals surface area (Å²) in [5.74, 6) is -0.396. The monoisotopic (exact) mass is 555 g/mol. The molecule has 1 aliphatic heterocycles. The Labute approximate surface area is 233 Å². The number of hydrogen-bond donors (Lipinski definition) is 3. The van der Waals surface area contributed by atoms with Crippen molar-refractivity contribution < 1.29 is 28.6 Å². The molecule has 1 amide bonds. The first kappa shape index (κ1) is 28.6. The molecule has 39 heavy (non-hydrogen) atoms. The quantitative estimate of drug-likeness (QED) is 0.234. The largest absolute Gasteiger partial charge is 0.488 e. The van der Waals surface area contributed by atoms with Gasteiger partial charge in [0.25, 0.3) is 0 Å². The van der Waals surface area contributed by atoms with E-state index < -0.39 is 11.6 Å². The summed E-state index contributed by atoms with van der Waals surface area (Å²) in [6.07, 6.45) is 3.33. The minimum Gasteiger partial charge on any atom is -0.488 e. The van der Waals surface area contributed by atoms with Crippen LogP contribution in [0.5, 0.6) is 11.5 Å². The zero-order valence-corrected chi connectivity index (χ0v) is 22.9. The van der Waals surface area contributed by atoms with Crippen molar-refractivity contribution in [3.8, 4) is 11.5 Å². The van der Waals surface area contributed by atoms with E-state index in [0.29, 0.717) is 12.2 Å². The molecule has 0 aliphatic carbocycles. The number of nitrogens with one attached hydrogen (secondary N) is 2. The predicted octanol–water partition coefficient (Wildman–Crippen LogP) is 4.49. The van der Waals surface area contributed by atoms with Crippen molar-refractivity contribution in [1.29, 1.82) is 0 Å². The first-order chi connectivity index (χ1) is 18.7. The molecule has 3 aromatic rings. The van der Waals surface area contributed by atoms with Crippen LogP contribution in [0.4, 0.5) is 5.69 Å². The van der Waals surface area contributed by atoms with E-state index in [0.717, 1.165) is 37.5 Å². The van der Waals surface area contributed by atoms with E-state index in [1.54, 1.807) is 19.1 Å². The van der Waals surface area contributed by atoms with Gasteiger partial charge in [0.1, 0.15) is 23.7 Å². The summed E-state index contributed by atoms with van der Waals surface area (Å²) < 4.78 is 16.3. The number of halogens is 1. The van der Waals surface area contributed by atoms with Gasteiger partial charge in [0.15, 0.2) is 0 Å². The minimum absolute atomic E-state index is 0.0441. The smallest absolute Gasteiger partial charge is 0.379 e. The van der Waals surface area contributed by atoms with Gasteiger partial charge in [-0.05, 0) is 74.8 Å². The molecular weight excluding hydrogens is 522 g/mol. The highest BCUT2D eigenvalue weighted by atomic mass is 35.5. The lowest BCUT2D eigenvalue weighted by molar-refractivity contribution is -0.114. The Morgan fingerprint density at radius 3 is 2.56 bits per heavy atom. The summed E-state index contributed by atoms with van der Waals surface area (Å²) in [5.41, 5.74) is 0.454. The van der Waals surface area contributed by atoms with Gasteiger partial charge >= 0.3 is 5.97 Å². The number of carbonyl (C=O) groups is 2. The Balaban J connectivity index is 1.28. The van der Waals surface area contributed by atoms with Crippen LogP contribution in [0.25, 0.3) is 0 Å². The molecule has 1 aromatic heterocycles. The van der Waals surface area contributed by atoms with Crippen LogP contribution in [0, 0.1) is 0 Å². The number of hydrogen-bond acceptors (Lipinski definition) is 8. The molecule has 0 radical (unpaired) electrons. The number of piperidine rings is 1. The summed E-state index contributed by atoms with van der Waals surface area (Å²) in [6, 6.07) is 15.9. The van der Waals surface area contributed by atoms with E-state index in [1.165, 1.54) is 36.9 Å². The molecule has 0 bridgehead atoms. The van der Waals surface area contributed by atoms with Gasteiger partial charge in [-0.25, -0.2) is 4.79 Å². The third-order valence-electron chi connectivity index (χ3n) is 6.41. The normalized spacial score (nSPS) is 15.9. The zero-order chi connectivity index (χ0) is 27.8. The fraction of sp³-hybridized carbons (Fsp3) is 0.379. The molecule has 4 rings (SSSR count). The lowest BCUT2D eigenvalue weighted by atomic mass is 10.0. The third kappa shape index (κ3) is 8.83. The van der Waals surface area contributed by atoms with Crippen molar-refractivity contribution in [2.75, 3.05) is 31.6 Å². The molecule has 1 atom stereocenters. The summed E-state index contributed by atoms with van der Waals surface area (Å²) >= 11 is 5.98. The lowest BCUT2D eigenvalue weighted by Crippen LogP contribution is -2.49. The fourth-order valence-electron chi connectivity index (χ4n) is 4.32. The Morgan fingerprint density at radius 2 is 1.90 bits per heavy atom. The average Bonchev–Trinajstić information content (AvgIpc) is 3.45. The summed E-state index contributed by atoms with van der Waals surface area (Å²) in [4.78, 5) is 26.3. The number of aliphatic hydroxyl groups is 1. The summed E-state index contributed by atoms with van der Waals surface area (Å²) in [7, 11) is 0. The lowest BCUT2D eigenvalue weighted by Gasteiger charge is -2.34. The van der Waals surface area contributed by atoms with Crippen molar-refractivity contribution >= 4 is 29.2 Å². The minimum atomic E-state index is -1.19. The van der Waals surface area contributed by atoms with Crippen LogP contribution >= 0.6 is 11.6 Å². The van der Waals surface area contributed by atoms with Crippen LogP contribution in [0.15, 0.2) is 65.3 Å². The number of nitrogens with zero attached hydrogens (tertiary/aromatic N) is 1. The van der Waals surface area contributed by atoms with Crippen LogP contribution in [0.3, 0.4) is 0 Å². The maximum atomic E-state index is 12.2. The number of rotatable bonds is 11. The van der Waals surface area contributed by atoms with Gasteiger partial charge in [0.05, 0.1) is 12.0 Å². The molecule has 1 aliphatic rings. The van der Waals surface area contributed by atoms with Crippen molar-refractivity contribution in [2.24, 2.45) is 0 Å². The molecule has 0 unspecified atom stereocenters. The molecule has 9 nitrogen and oxygen atoms in total. The van der Waals surface area contributed by atoms with Crippen molar-refractivity contribution in [2.45, 2.75) is 44.9 Å². The van der Waals surface area contributed by atoms with Crippen LogP contribution in [0.1, 0.15) is 42.8 Å². The standard InChI is InChI=1S/C29H34ClN3O6/c1-20(34)32-25-10-9-24(39-28(35)26-4-3-15-37-26)16-27(25)38-19-29(2,36)18-31-23-11-13-33(14-12-23)17-21-5-7-22(30)8-6-21/h3-10,15-16,23,31,36H,11-14,17-19H2,1-2H3,(H,32,34)/t29-/m0/s1. The van der Waals surface area contributed by atoms with Crippen molar-refractivity contribution in [3.63, 3.8) is 0 Å². The highest BCUT2D eigenvalue weighted by Crippen LogP contribution is 2.31. The second kappa shape index (κ2) is 13.1. The molecule has 208 valence electrons. The van der Waals surface area contributed by atoms with Gasteiger partial charge in [0, 0.05) is 37.1 Å². The number of amides is 1. The van der Waals surface area contributed by atoms with Gasteiger partial charge in [0.2, 0.25) is 11.7 Å². The number of esters is 1. The highest BCUT2D eigenvalue weighted by Gasteiger charge is 2.26. The Kier molecular flexibility index (Phi) is 9.63. The predicted molar refractivity (Wildman–Crippen MR) is 148 cm³/mol. The van der Waals surface area contributed by atoms with E-state index in [4.69, 9.17) is 25.5 Å². The molecular formula is C29H34ClN3O6. The molecule has 0 spiro atoms. The number of furan rings is 1. The number of carbonyl (C=O) groups excluding carboxylic acids is 2. The van der Waals surface area contributed by atoms with Gasteiger partial charge in [-0.3, -0.25) is 9.69 Å². The van der Waals surface area contributed by atoms with Gasteiger partial charge in [-0.1, -0.05) is 23.7 Å². The van der Waals surface area contributed by atoms with Gasteiger partial charge in [-0.2, -0.15) is 0 Å². The number of likely N-dealkylation sites (tertiary alicyclic amines) is 1. The van der Waals surface area contributed by atoms with E-state index in [9.17, 15) is 14.7 Å². The average molecular weight is 556 g/mol. The van der Waals surface area contributed by atoms with Gasteiger partial charge in [-0.15, -0.1) is 0 Å². The van der Waals surface area contributed by atoms with Crippen LogP contribution in [-0.2, 0) is 11.3 Å². The van der Waals surface area contributed by atoms with E-state index in [2.05, 4.69) is 27.7 Å². The molecule has 1 saturated heterocycles. The molecule has 2 aromatic carbocycles. The second-order valence-electron chi connectivity index (χ2n) is 10.0. The van der Waals surface area contributed by atoms with E-state index in [-0.39, 0.29) is 35.8 Å². The number of benzene rings is 2. The highest BCUT2D eigenvalue weighted by molar-refractivity contribution is 6.30. The number of anilines is 1. The molecule has 1 fully saturated rings. The topological polar surface area (TPSA) is 113 Å². The summed E-state index contributed by atoms with van der Waals surface area (Å²) in [6.45, 7) is 6.17. The molecule has 10 heteroatoms. The molecule has 0 saturated carbocycles. The first-order valence-electron chi connectivity index (χ1n) is 12.9. The molecule has 3 N–H and O–H groups in total. The Bertz CT molecular complexity index is 1240. The van der Waals surface area contributed by atoms with Gasteiger partial charge < -0.3 is 29.6 Å². The number of ether oxygens (including phenoxy) is 2. The van der Waals surface area contributed by atoms with Crippen LogP contribution < -0.4 is 20.1 Å². The van der Waals surface area contributed by atoms with Crippen LogP contribution in [0.2, 0.25) is 5.02 Å². The SMILES string of the molecule is CC(=O)Nc1ccc(OC(=O)c2ccco2)cc1OC[C@@](C)(O)CNC1CCN(Cc2ccc(Cl)cc2)CC1. The van der Waals surface area contributed by atoms with Crippen LogP contribution in [-0.4, -0.2) is 59.8 Å². The third-order valence-corrected chi connectivity index (χ3v) is 6.67. The maximum absolute atomic E-state index is 12.2.